The molecule has 0 bridgehead atoms. The van der Waals surface area contributed by atoms with E-state index in [1.54, 1.807) is 6.07 Å². The first-order chi connectivity index (χ1) is 12.0. The van der Waals surface area contributed by atoms with Crippen LogP contribution < -0.4 is 14.8 Å². The van der Waals surface area contributed by atoms with Crippen molar-refractivity contribution < 1.29 is 19.2 Å². The maximum Gasteiger partial charge on any atom is 0.389 e. The van der Waals surface area contributed by atoms with Gasteiger partial charge >= 0.3 is 5.82 Å². The van der Waals surface area contributed by atoms with Gasteiger partial charge < -0.3 is 24.9 Å². The molecule has 0 fully saturated rings. The molecule has 1 N–H and O–H groups in total. The van der Waals surface area contributed by atoms with Crippen molar-refractivity contribution in [3.05, 3.63) is 46.1 Å². The molecule has 0 atom stereocenters. The molecule has 0 aliphatic rings. The van der Waals surface area contributed by atoms with Gasteiger partial charge in [-0.15, -0.1) is 0 Å². The van der Waals surface area contributed by atoms with Gasteiger partial charge in [0.25, 0.3) is 0 Å². The number of nitro groups is 1. The predicted molar refractivity (Wildman–Crippen MR) is 89.5 cm³/mol. The highest BCUT2D eigenvalue weighted by molar-refractivity contribution is 5.75. The molecule has 1 heterocycles. The fourth-order valence-corrected chi connectivity index (χ4v) is 2.15. The van der Waals surface area contributed by atoms with Crippen molar-refractivity contribution in [3.8, 4) is 11.5 Å². The zero-order valence-corrected chi connectivity index (χ0v) is 14.1. The molecule has 0 spiro atoms. The summed E-state index contributed by atoms with van der Waals surface area (Å²) in [7, 11) is 0. The second-order valence-electron chi connectivity index (χ2n) is 5.05. The molecular formula is C16H20N4O5. The molecule has 134 valence electrons. The zero-order valence-electron chi connectivity index (χ0n) is 14.1. The Balaban J connectivity index is 1.94. The summed E-state index contributed by atoms with van der Waals surface area (Å²) < 4.78 is 12.3. The van der Waals surface area contributed by atoms with Crippen molar-refractivity contribution in [1.82, 2.24) is 15.1 Å². The molecule has 9 nitrogen and oxygen atoms in total. The van der Waals surface area contributed by atoms with Crippen LogP contribution in [-0.2, 0) is 17.9 Å². The van der Waals surface area contributed by atoms with Gasteiger partial charge in [0.1, 0.15) is 6.54 Å². The minimum absolute atomic E-state index is 0.0941. The maximum atomic E-state index is 11.9. The average Bonchev–Trinajstić information content (AvgIpc) is 3.04. The lowest BCUT2D eigenvalue weighted by molar-refractivity contribution is -0.389. The van der Waals surface area contributed by atoms with E-state index >= 15 is 0 Å². The highest BCUT2D eigenvalue weighted by Gasteiger charge is 2.13. The van der Waals surface area contributed by atoms with E-state index in [-0.39, 0.29) is 18.3 Å². The molecule has 0 saturated carbocycles. The second kappa shape index (κ2) is 8.67. The molecule has 0 aliphatic heterocycles. The van der Waals surface area contributed by atoms with E-state index in [9.17, 15) is 14.9 Å². The summed E-state index contributed by atoms with van der Waals surface area (Å²) >= 11 is 0. The summed E-state index contributed by atoms with van der Waals surface area (Å²) in [5.41, 5.74) is 0.853. The van der Waals surface area contributed by atoms with E-state index in [1.807, 2.05) is 26.0 Å². The third-order valence-electron chi connectivity index (χ3n) is 3.22. The van der Waals surface area contributed by atoms with Gasteiger partial charge in [-0.05, 0) is 36.5 Å². The second-order valence-corrected chi connectivity index (χ2v) is 5.05. The zero-order chi connectivity index (χ0) is 18.2. The maximum absolute atomic E-state index is 11.9. The van der Waals surface area contributed by atoms with Crippen LogP contribution in [0.25, 0.3) is 0 Å². The van der Waals surface area contributed by atoms with Crippen LogP contribution in [-0.4, -0.2) is 33.8 Å². The van der Waals surface area contributed by atoms with Crippen molar-refractivity contribution >= 4 is 11.7 Å². The fourth-order valence-electron chi connectivity index (χ4n) is 2.15. The number of nitrogens with zero attached hydrogens (tertiary/aromatic N) is 3. The molecule has 9 heteroatoms. The van der Waals surface area contributed by atoms with Crippen LogP contribution in [0.4, 0.5) is 5.82 Å². The minimum Gasteiger partial charge on any atom is -0.490 e. The number of hydrogen-bond donors (Lipinski definition) is 1. The Hall–Kier alpha value is -3.10. The molecule has 2 rings (SSSR count). The van der Waals surface area contributed by atoms with Gasteiger partial charge in [0.2, 0.25) is 5.91 Å². The molecule has 0 saturated heterocycles. The van der Waals surface area contributed by atoms with Gasteiger partial charge in [0.05, 0.1) is 30.6 Å². The third kappa shape index (κ3) is 5.20. The SMILES string of the molecule is CCOc1ccc(CNC(=O)Cn2ccc([N+](=O)[O-])n2)cc1OCC. The molecule has 0 radical (unpaired) electrons. The summed E-state index contributed by atoms with van der Waals surface area (Å²) in [6.45, 7) is 5.02. The van der Waals surface area contributed by atoms with Crippen LogP contribution in [0.3, 0.4) is 0 Å². The molecular weight excluding hydrogens is 328 g/mol. The molecule has 0 unspecified atom stereocenters. The number of carbonyl (C=O) groups is 1. The largest absolute Gasteiger partial charge is 0.490 e. The van der Waals surface area contributed by atoms with E-state index in [1.165, 1.54) is 16.9 Å². The third-order valence-corrected chi connectivity index (χ3v) is 3.22. The topological polar surface area (TPSA) is 109 Å². The highest BCUT2D eigenvalue weighted by atomic mass is 16.6. The molecule has 2 aromatic rings. The number of benzene rings is 1. The lowest BCUT2D eigenvalue weighted by atomic mass is 10.2. The average molecular weight is 348 g/mol. The Morgan fingerprint density at radius 2 is 1.96 bits per heavy atom. The summed E-state index contributed by atoms with van der Waals surface area (Å²) in [6.07, 6.45) is 1.39. The molecule has 25 heavy (non-hydrogen) atoms. The first kappa shape index (κ1) is 18.2. The number of aromatic nitrogens is 2. The smallest absolute Gasteiger partial charge is 0.389 e. The number of carbonyl (C=O) groups excluding carboxylic acids is 1. The van der Waals surface area contributed by atoms with Gasteiger partial charge in [-0.2, -0.15) is 4.68 Å². The summed E-state index contributed by atoms with van der Waals surface area (Å²) in [5.74, 6) is 0.688. The first-order valence-corrected chi connectivity index (χ1v) is 7.86. The van der Waals surface area contributed by atoms with Crippen molar-refractivity contribution in [1.29, 1.82) is 0 Å². The predicted octanol–water partition coefficient (Wildman–Crippen LogP) is 1.91. The van der Waals surface area contributed by atoms with Crippen LogP contribution >= 0.6 is 0 Å². The number of rotatable bonds is 9. The number of nitrogens with one attached hydrogen (secondary N) is 1. The van der Waals surface area contributed by atoms with Crippen molar-refractivity contribution in [2.75, 3.05) is 13.2 Å². The molecule has 1 amide bonds. The van der Waals surface area contributed by atoms with Crippen molar-refractivity contribution in [3.63, 3.8) is 0 Å². The lowest BCUT2D eigenvalue weighted by Gasteiger charge is -2.12. The van der Waals surface area contributed by atoms with Gasteiger partial charge in [-0.3, -0.25) is 4.79 Å². The van der Waals surface area contributed by atoms with Gasteiger partial charge in [0, 0.05) is 6.54 Å². The lowest BCUT2D eigenvalue weighted by Crippen LogP contribution is -2.27. The Kier molecular flexibility index (Phi) is 6.33. The van der Waals surface area contributed by atoms with Gasteiger partial charge in [0.15, 0.2) is 11.5 Å². The summed E-state index contributed by atoms with van der Waals surface area (Å²) in [4.78, 5) is 21.9. The summed E-state index contributed by atoms with van der Waals surface area (Å²) in [5, 5.41) is 17.0. The molecule has 0 aliphatic carbocycles. The van der Waals surface area contributed by atoms with E-state index in [0.717, 1.165) is 5.56 Å². The number of hydrogen-bond acceptors (Lipinski definition) is 6. The summed E-state index contributed by atoms with van der Waals surface area (Å²) in [6, 6.07) is 6.70. The number of amides is 1. The number of ether oxygens (including phenoxy) is 2. The first-order valence-electron chi connectivity index (χ1n) is 7.86. The fraction of sp³-hybridized carbons (Fsp3) is 0.375. The van der Waals surface area contributed by atoms with Gasteiger partial charge in [-0.25, -0.2) is 0 Å². The van der Waals surface area contributed by atoms with Crippen molar-refractivity contribution in [2.24, 2.45) is 0 Å². The van der Waals surface area contributed by atoms with E-state index < -0.39 is 4.92 Å². The Labute approximate surface area is 144 Å². The molecule has 1 aromatic heterocycles. The van der Waals surface area contributed by atoms with Crippen LogP contribution in [0, 0.1) is 10.1 Å². The van der Waals surface area contributed by atoms with Crippen LogP contribution in [0.5, 0.6) is 11.5 Å². The van der Waals surface area contributed by atoms with Crippen molar-refractivity contribution in [2.45, 2.75) is 26.9 Å². The van der Waals surface area contributed by atoms with Crippen LogP contribution in [0.15, 0.2) is 30.5 Å². The quantitative estimate of drug-likeness (QED) is 0.548. The van der Waals surface area contributed by atoms with Crippen LogP contribution in [0.2, 0.25) is 0 Å². The van der Waals surface area contributed by atoms with E-state index in [4.69, 9.17) is 9.47 Å². The van der Waals surface area contributed by atoms with Crippen LogP contribution in [0.1, 0.15) is 19.4 Å². The Bertz CT molecular complexity index is 744. The normalized spacial score (nSPS) is 10.3. The van der Waals surface area contributed by atoms with E-state index in [0.29, 0.717) is 31.3 Å². The molecule has 1 aromatic carbocycles. The highest BCUT2D eigenvalue weighted by Crippen LogP contribution is 2.28. The Morgan fingerprint density at radius 1 is 1.24 bits per heavy atom. The van der Waals surface area contributed by atoms with E-state index in [2.05, 4.69) is 10.4 Å². The minimum atomic E-state index is -0.608. The monoisotopic (exact) mass is 348 g/mol. The standard InChI is InChI=1S/C16H20N4O5/c1-3-24-13-6-5-12(9-14(13)25-4-2)10-17-16(21)11-19-8-7-15(18-19)20(22)23/h5-9H,3-4,10-11H2,1-2H3,(H,17,21). The van der Waals surface area contributed by atoms with Gasteiger partial charge in [-0.1, -0.05) is 6.07 Å². The Morgan fingerprint density at radius 3 is 2.60 bits per heavy atom.